The van der Waals surface area contributed by atoms with Gasteiger partial charge in [-0.25, -0.2) is 4.42 Å². The van der Waals surface area contributed by atoms with Gasteiger partial charge >= 0.3 is 11.3 Å². The van der Waals surface area contributed by atoms with Crippen molar-refractivity contribution in [2.24, 2.45) is 0 Å². The number of non-ortho nitro benzene ring substituents is 1. The molecule has 250 valence electrons. The Morgan fingerprint density at radius 1 is 0.809 bits per heavy atom. The molecule has 0 aliphatic carbocycles. The highest BCUT2D eigenvalue weighted by Gasteiger charge is 2.32. The summed E-state index contributed by atoms with van der Waals surface area (Å²) in [6.07, 6.45) is -1.56. The van der Waals surface area contributed by atoms with Crippen molar-refractivity contribution in [2.75, 3.05) is 7.11 Å². The predicted molar refractivity (Wildman–Crippen MR) is 175 cm³/mol. The van der Waals surface area contributed by atoms with Gasteiger partial charge < -0.3 is 53.0 Å². The Morgan fingerprint density at radius 2 is 1.45 bits per heavy atom. The molecule has 5 aromatic rings. The SMILES string of the molecule is C.CO.Cc1cc2cc([N+](=O)[O-])ccc2[o+]c1-c1ccc(O)c(O)c1.Oc1cc(O)c2c(c1)O[C@H](c1ccc(O)c(O)c1)[C@@H](O)C2.[CH3-]. The lowest BCUT2D eigenvalue weighted by molar-refractivity contribution is -0.384. The molecular formula is C34H37NO12. The molecule has 1 aromatic heterocycles. The minimum atomic E-state index is -0.933. The van der Waals surface area contributed by atoms with E-state index in [4.69, 9.17) is 14.3 Å². The van der Waals surface area contributed by atoms with Crippen molar-refractivity contribution < 1.29 is 54.9 Å². The number of aromatic hydroxyl groups is 6. The standard InChI is InChI=1S/C16H11NO5.C15H14O6.CH4O.CH4.CH3/c1-9-6-11-7-12(17(20)21)3-5-15(11)22-16(9)10-2-4-13(18)14(19)8-10;16-8-4-11(18)9-6-13(20)15(21-14(9)5-8)7-1-2-10(17)12(19)3-7;1-2;;/h2-8H,1H3,(H-,18,19);1-5,13,15-20H,6H2;2H,1H3;1H4;1H3/q;;;;-1/p+1/t;13-,15+;;;/m.0.../s1. The number of nitro groups is 1. The molecule has 0 saturated carbocycles. The quantitative estimate of drug-likeness (QED) is 0.0356. The molecule has 13 heteroatoms. The largest absolute Gasteiger partial charge is 0.508 e. The first-order valence-corrected chi connectivity index (χ1v) is 13.3. The van der Waals surface area contributed by atoms with Crippen LogP contribution in [0.15, 0.2) is 77.2 Å². The fourth-order valence-electron chi connectivity index (χ4n) is 4.76. The minimum absolute atomic E-state index is 0. The van der Waals surface area contributed by atoms with Gasteiger partial charge in [0, 0.05) is 49.4 Å². The number of phenolic OH excluding ortho intramolecular Hbond substituents is 6. The number of aliphatic hydroxyl groups is 2. The first-order chi connectivity index (χ1) is 21.4. The summed E-state index contributed by atoms with van der Waals surface area (Å²) < 4.78 is 11.4. The Balaban J connectivity index is 0.000000299. The van der Waals surface area contributed by atoms with Crippen molar-refractivity contribution in [1.82, 2.24) is 0 Å². The van der Waals surface area contributed by atoms with Gasteiger partial charge in [0.25, 0.3) is 5.69 Å². The average molecular weight is 652 g/mol. The van der Waals surface area contributed by atoms with Gasteiger partial charge in [0.1, 0.15) is 23.4 Å². The molecule has 8 N–H and O–H groups in total. The molecule has 0 fully saturated rings. The van der Waals surface area contributed by atoms with Crippen LogP contribution in [0, 0.1) is 24.5 Å². The first-order valence-electron chi connectivity index (χ1n) is 13.3. The summed E-state index contributed by atoms with van der Waals surface area (Å²) in [5, 5.41) is 85.7. The Hall–Kier alpha value is -5.79. The summed E-state index contributed by atoms with van der Waals surface area (Å²) in [5.41, 5.74) is 2.76. The third-order valence-corrected chi connectivity index (χ3v) is 6.90. The third-order valence-electron chi connectivity index (χ3n) is 6.90. The van der Waals surface area contributed by atoms with Crippen LogP contribution in [0.4, 0.5) is 5.69 Å². The summed E-state index contributed by atoms with van der Waals surface area (Å²) in [7, 11) is 1.00. The molecule has 0 spiro atoms. The van der Waals surface area contributed by atoms with Crippen molar-refractivity contribution >= 4 is 16.7 Å². The van der Waals surface area contributed by atoms with Gasteiger partial charge in [-0.05, 0) is 42.8 Å². The molecule has 0 unspecified atom stereocenters. The number of fused-ring (bicyclic) bond motifs is 2. The monoisotopic (exact) mass is 651 g/mol. The normalized spacial score (nSPS) is 14.4. The maximum absolute atomic E-state index is 10.8. The average Bonchev–Trinajstić information content (AvgIpc) is 3.01. The maximum atomic E-state index is 10.8. The molecule has 0 bridgehead atoms. The second kappa shape index (κ2) is 15.5. The molecule has 0 saturated heterocycles. The summed E-state index contributed by atoms with van der Waals surface area (Å²) in [4.78, 5) is 10.4. The molecule has 1 aliphatic heterocycles. The number of hydrogen-bond acceptors (Lipinski definition) is 11. The van der Waals surface area contributed by atoms with E-state index in [0.29, 0.717) is 33.4 Å². The molecule has 2 heterocycles. The highest BCUT2D eigenvalue weighted by Crippen LogP contribution is 2.43. The molecule has 0 radical (unpaired) electrons. The summed E-state index contributed by atoms with van der Waals surface area (Å²) in [5.74, 6) is -0.515. The first kappa shape index (κ1) is 37.4. The number of hydrogen-bond donors (Lipinski definition) is 8. The van der Waals surface area contributed by atoms with Crippen LogP contribution in [0.1, 0.15) is 30.2 Å². The van der Waals surface area contributed by atoms with Crippen LogP contribution in [0.25, 0.3) is 22.3 Å². The Bertz CT molecular complexity index is 1880. The smallest absolute Gasteiger partial charge is 0.363 e. The van der Waals surface area contributed by atoms with Crippen LogP contribution in [-0.2, 0) is 6.42 Å². The Labute approximate surface area is 270 Å². The molecule has 4 aromatic carbocycles. The summed E-state index contributed by atoms with van der Waals surface area (Å²) in [6.45, 7) is 1.81. The van der Waals surface area contributed by atoms with Crippen molar-refractivity contribution in [3.8, 4) is 51.6 Å². The summed E-state index contributed by atoms with van der Waals surface area (Å²) in [6, 6.07) is 17.2. The molecule has 2 atom stereocenters. The van der Waals surface area contributed by atoms with E-state index in [9.17, 15) is 45.9 Å². The van der Waals surface area contributed by atoms with Crippen LogP contribution < -0.4 is 4.74 Å². The number of aryl methyl sites for hydroxylation is 1. The van der Waals surface area contributed by atoms with Gasteiger partial charge in [0.2, 0.25) is 0 Å². The van der Waals surface area contributed by atoms with E-state index in [-0.39, 0.29) is 67.2 Å². The number of rotatable bonds is 3. The van der Waals surface area contributed by atoms with E-state index in [1.807, 2.05) is 0 Å². The number of benzene rings is 4. The molecule has 13 nitrogen and oxygen atoms in total. The van der Waals surface area contributed by atoms with Gasteiger partial charge in [-0.2, -0.15) is 0 Å². The second-order valence-corrected chi connectivity index (χ2v) is 9.94. The van der Waals surface area contributed by atoms with Crippen LogP contribution in [0.3, 0.4) is 0 Å². The number of nitro benzene ring substituents is 1. The second-order valence-electron chi connectivity index (χ2n) is 9.94. The molecule has 6 rings (SSSR count). The van der Waals surface area contributed by atoms with E-state index in [1.165, 1.54) is 60.7 Å². The molecule has 47 heavy (non-hydrogen) atoms. The zero-order valence-electron chi connectivity index (χ0n) is 24.9. The molecular weight excluding hydrogens is 614 g/mol. The number of nitrogens with zero attached hydrogens (tertiary/aromatic N) is 1. The molecule has 0 amide bonds. The van der Waals surface area contributed by atoms with Gasteiger partial charge in [-0.1, -0.05) is 13.5 Å². The van der Waals surface area contributed by atoms with Crippen LogP contribution >= 0.6 is 0 Å². The number of ether oxygens (including phenoxy) is 1. The third kappa shape index (κ3) is 8.09. The van der Waals surface area contributed by atoms with Crippen LogP contribution in [0.2, 0.25) is 0 Å². The predicted octanol–water partition coefficient (Wildman–Crippen LogP) is 6.25. The highest BCUT2D eigenvalue weighted by atomic mass is 16.6. The number of aliphatic hydroxyl groups excluding tert-OH is 2. The lowest BCUT2D eigenvalue weighted by atomic mass is 9.94. The van der Waals surface area contributed by atoms with Crippen LogP contribution in [-0.4, -0.2) is 59.0 Å². The maximum Gasteiger partial charge on any atom is 0.363 e. The van der Waals surface area contributed by atoms with E-state index < -0.39 is 17.1 Å². The fourth-order valence-corrected chi connectivity index (χ4v) is 4.76. The highest BCUT2D eigenvalue weighted by molar-refractivity contribution is 5.82. The Morgan fingerprint density at radius 3 is 2.06 bits per heavy atom. The van der Waals surface area contributed by atoms with Crippen molar-refractivity contribution in [3.63, 3.8) is 0 Å². The minimum Gasteiger partial charge on any atom is -0.508 e. The van der Waals surface area contributed by atoms with Crippen LogP contribution in [0.5, 0.6) is 40.2 Å². The van der Waals surface area contributed by atoms with Crippen molar-refractivity contribution in [2.45, 2.75) is 33.0 Å². The number of phenols is 6. The zero-order valence-corrected chi connectivity index (χ0v) is 24.9. The lowest BCUT2D eigenvalue weighted by Crippen LogP contribution is -2.30. The lowest BCUT2D eigenvalue weighted by Gasteiger charge is -2.31. The van der Waals surface area contributed by atoms with E-state index in [1.54, 1.807) is 19.1 Å². The topological polar surface area (TPSA) is 226 Å². The molecule has 1 aliphatic rings. The summed E-state index contributed by atoms with van der Waals surface area (Å²) >= 11 is 0. The zero-order chi connectivity index (χ0) is 33.0. The Kier molecular flexibility index (Phi) is 12.3. The van der Waals surface area contributed by atoms with Gasteiger partial charge in [0.05, 0.1) is 33.6 Å². The van der Waals surface area contributed by atoms with Crippen molar-refractivity contribution in [1.29, 1.82) is 0 Å². The van der Waals surface area contributed by atoms with E-state index in [2.05, 4.69) is 0 Å². The van der Waals surface area contributed by atoms with Gasteiger partial charge in [0.15, 0.2) is 23.0 Å². The van der Waals surface area contributed by atoms with Crippen molar-refractivity contribution in [3.05, 3.63) is 107 Å². The fraction of sp³-hybridized carbons (Fsp3) is 0.176. The van der Waals surface area contributed by atoms with Gasteiger partial charge in [-0.15, -0.1) is 0 Å². The van der Waals surface area contributed by atoms with Gasteiger partial charge in [-0.3, -0.25) is 10.1 Å². The van der Waals surface area contributed by atoms with E-state index in [0.717, 1.165) is 12.7 Å². The van der Waals surface area contributed by atoms with E-state index >= 15 is 0 Å².